The first-order valence-electron chi connectivity index (χ1n) is 7.93. The van der Waals surface area contributed by atoms with E-state index in [1.807, 2.05) is 0 Å². The lowest BCUT2D eigenvalue weighted by Crippen LogP contribution is -2.42. The molecule has 2 rings (SSSR count). The van der Waals surface area contributed by atoms with Crippen LogP contribution >= 0.6 is 0 Å². The zero-order valence-electron chi connectivity index (χ0n) is 13.5. The quantitative estimate of drug-likeness (QED) is 0.669. The highest BCUT2D eigenvalue weighted by atomic mass is 19.1. The lowest BCUT2D eigenvalue weighted by atomic mass is 10.0. The molecule has 8 heteroatoms. The Morgan fingerprint density at radius 1 is 1.29 bits per heavy atom. The maximum atomic E-state index is 13.9. The van der Waals surface area contributed by atoms with Crippen molar-refractivity contribution in [1.82, 2.24) is 15.5 Å². The van der Waals surface area contributed by atoms with Crippen molar-refractivity contribution in [3.63, 3.8) is 0 Å². The number of hydrogen-bond donors (Lipinski definition) is 3. The summed E-state index contributed by atoms with van der Waals surface area (Å²) in [6.07, 6.45) is -0.0764. The van der Waals surface area contributed by atoms with Crippen LogP contribution in [0.4, 0.5) is 9.18 Å². The highest BCUT2D eigenvalue weighted by molar-refractivity contribution is 5.78. The third-order valence-electron chi connectivity index (χ3n) is 3.84. The van der Waals surface area contributed by atoms with E-state index in [1.54, 1.807) is 12.1 Å². The number of morpholine rings is 1. The maximum Gasteiger partial charge on any atom is 0.312 e. The van der Waals surface area contributed by atoms with Crippen molar-refractivity contribution < 1.29 is 18.7 Å². The van der Waals surface area contributed by atoms with Gasteiger partial charge in [0.2, 0.25) is 5.91 Å². The average molecular weight is 338 g/mol. The topological polar surface area (TPSA) is 96.7 Å². The number of carbonyl (C=O) groups excluding carboxylic acids is 2. The number of amides is 3. The number of carbonyl (C=O) groups is 2. The smallest absolute Gasteiger partial charge is 0.312 e. The van der Waals surface area contributed by atoms with Gasteiger partial charge in [-0.1, -0.05) is 18.2 Å². The molecule has 132 valence electrons. The summed E-state index contributed by atoms with van der Waals surface area (Å²) in [5, 5.41) is 5.21. The molecular weight excluding hydrogens is 315 g/mol. The number of hydrogen-bond acceptors (Lipinski definition) is 4. The largest absolute Gasteiger partial charge is 0.379 e. The lowest BCUT2D eigenvalue weighted by molar-refractivity contribution is -0.121. The van der Waals surface area contributed by atoms with Crippen molar-refractivity contribution in [3.8, 4) is 0 Å². The molecule has 3 amide bonds. The van der Waals surface area contributed by atoms with E-state index in [9.17, 15) is 14.0 Å². The van der Waals surface area contributed by atoms with Crippen molar-refractivity contribution in [1.29, 1.82) is 0 Å². The number of rotatable bonds is 7. The Balaban J connectivity index is 1.85. The molecule has 0 aromatic heterocycles. The van der Waals surface area contributed by atoms with Gasteiger partial charge in [-0.3, -0.25) is 9.69 Å². The Morgan fingerprint density at radius 2 is 2.00 bits per heavy atom. The summed E-state index contributed by atoms with van der Waals surface area (Å²) >= 11 is 0. The van der Waals surface area contributed by atoms with E-state index < -0.39 is 17.9 Å². The van der Waals surface area contributed by atoms with Gasteiger partial charge in [0.1, 0.15) is 5.82 Å². The summed E-state index contributed by atoms with van der Waals surface area (Å²) in [5.74, 6) is -0.761. The molecule has 4 N–H and O–H groups in total. The molecule has 1 heterocycles. The molecule has 1 aliphatic rings. The zero-order chi connectivity index (χ0) is 17.4. The van der Waals surface area contributed by atoms with Crippen molar-refractivity contribution in [2.45, 2.75) is 12.5 Å². The van der Waals surface area contributed by atoms with Gasteiger partial charge in [-0.25, -0.2) is 9.18 Å². The summed E-state index contributed by atoms with van der Waals surface area (Å²) in [6, 6.07) is 4.39. The first-order chi connectivity index (χ1) is 11.6. The van der Waals surface area contributed by atoms with Gasteiger partial charge in [0.25, 0.3) is 0 Å². The molecule has 7 nitrogen and oxygen atoms in total. The normalized spacial score (nSPS) is 16.4. The minimum absolute atomic E-state index is 0.0764. The fourth-order valence-electron chi connectivity index (χ4n) is 2.60. The van der Waals surface area contributed by atoms with Gasteiger partial charge < -0.3 is 21.1 Å². The number of primary amides is 1. The molecule has 1 atom stereocenters. The Kier molecular flexibility index (Phi) is 6.95. The predicted molar refractivity (Wildman–Crippen MR) is 86.7 cm³/mol. The Bertz CT molecular complexity index is 564. The summed E-state index contributed by atoms with van der Waals surface area (Å²) in [5.41, 5.74) is 5.37. The van der Waals surface area contributed by atoms with E-state index in [2.05, 4.69) is 15.5 Å². The summed E-state index contributed by atoms with van der Waals surface area (Å²) in [7, 11) is 0. The highest BCUT2D eigenvalue weighted by Crippen LogP contribution is 2.19. The molecule has 1 aromatic rings. The molecule has 1 aromatic carbocycles. The molecule has 1 saturated heterocycles. The number of nitrogens with zero attached hydrogens (tertiary/aromatic N) is 1. The third-order valence-corrected chi connectivity index (χ3v) is 3.84. The van der Waals surface area contributed by atoms with Gasteiger partial charge in [0, 0.05) is 31.7 Å². The highest BCUT2D eigenvalue weighted by Gasteiger charge is 2.20. The van der Waals surface area contributed by atoms with Crippen molar-refractivity contribution in [2.75, 3.05) is 39.4 Å². The summed E-state index contributed by atoms with van der Waals surface area (Å²) < 4.78 is 19.2. The summed E-state index contributed by atoms with van der Waals surface area (Å²) in [6.45, 7) is 4.30. The number of nitrogens with two attached hydrogens (primary N) is 1. The number of halogens is 1. The van der Waals surface area contributed by atoms with Crippen LogP contribution in [0.5, 0.6) is 0 Å². The molecule has 0 spiro atoms. The van der Waals surface area contributed by atoms with Crippen LogP contribution in [0.3, 0.4) is 0 Å². The molecule has 0 bridgehead atoms. The van der Waals surface area contributed by atoms with Crippen LogP contribution in [0.1, 0.15) is 18.0 Å². The summed E-state index contributed by atoms with van der Waals surface area (Å²) in [4.78, 5) is 25.4. The fourth-order valence-corrected chi connectivity index (χ4v) is 2.60. The van der Waals surface area contributed by atoms with Gasteiger partial charge in [-0.15, -0.1) is 0 Å². The molecule has 1 fully saturated rings. The van der Waals surface area contributed by atoms with Gasteiger partial charge in [-0.2, -0.15) is 0 Å². The second-order valence-corrected chi connectivity index (χ2v) is 5.59. The third kappa shape index (κ3) is 5.78. The van der Waals surface area contributed by atoms with Gasteiger partial charge in [0.15, 0.2) is 0 Å². The van der Waals surface area contributed by atoms with Crippen LogP contribution in [-0.2, 0) is 9.53 Å². The van der Waals surface area contributed by atoms with Crippen LogP contribution < -0.4 is 16.4 Å². The monoisotopic (exact) mass is 338 g/mol. The van der Waals surface area contributed by atoms with Crippen molar-refractivity contribution in [3.05, 3.63) is 35.6 Å². The van der Waals surface area contributed by atoms with E-state index >= 15 is 0 Å². The molecule has 0 radical (unpaired) electrons. The molecule has 0 unspecified atom stereocenters. The minimum atomic E-state index is -0.802. The van der Waals surface area contributed by atoms with Gasteiger partial charge in [-0.05, 0) is 6.07 Å². The fraction of sp³-hybridized carbons (Fsp3) is 0.500. The number of benzene rings is 1. The molecule has 0 aliphatic carbocycles. The Morgan fingerprint density at radius 3 is 2.67 bits per heavy atom. The van der Waals surface area contributed by atoms with Crippen LogP contribution in [0.25, 0.3) is 0 Å². The lowest BCUT2D eigenvalue weighted by Gasteiger charge is -2.26. The number of nitrogens with one attached hydrogen (secondary N) is 2. The first-order valence-corrected chi connectivity index (χ1v) is 7.93. The van der Waals surface area contributed by atoms with E-state index in [0.717, 1.165) is 19.6 Å². The predicted octanol–water partition coefficient (Wildman–Crippen LogP) is 0.374. The van der Waals surface area contributed by atoms with Gasteiger partial charge >= 0.3 is 6.03 Å². The zero-order valence-corrected chi connectivity index (χ0v) is 13.5. The molecule has 1 aliphatic heterocycles. The van der Waals surface area contributed by atoms with Crippen LogP contribution in [0, 0.1) is 5.82 Å². The maximum absolute atomic E-state index is 13.9. The van der Waals surface area contributed by atoms with E-state index in [-0.39, 0.29) is 17.9 Å². The van der Waals surface area contributed by atoms with E-state index in [4.69, 9.17) is 10.5 Å². The Hall–Kier alpha value is -2.19. The average Bonchev–Trinajstić information content (AvgIpc) is 2.55. The standard InChI is InChI=1S/C16H23FN4O3/c17-13-4-2-1-3-12(13)14(20-16(18)23)11-15(22)19-5-6-21-7-9-24-10-8-21/h1-4,14H,5-11H2,(H,19,22)(H3,18,20,23)/t14-/m0/s1. The Labute approximate surface area is 140 Å². The van der Waals surface area contributed by atoms with Crippen LogP contribution in [-0.4, -0.2) is 56.2 Å². The number of ether oxygens (including phenoxy) is 1. The van der Waals surface area contributed by atoms with E-state index in [0.29, 0.717) is 19.8 Å². The van der Waals surface area contributed by atoms with E-state index in [1.165, 1.54) is 12.1 Å². The van der Waals surface area contributed by atoms with Crippen molar-refractivity contribution >= 4 is 11.9 Å². The first kappa shape index (κ1) is 18.2. The van der Waals surface area contributed by atoms with Crippen LogP contribution in [0.15, 0.2) is 24.3 Å². The molecular formula is C16H23FN4O3. The second kappa shape index (κ2) is 9.19. The number of urea groups is 1. The minimum Gasteiger partial charge on any atom is -0.379 e. The van der Waals surface area contributed by atoms with Gasteiger partial charge in [0.05, 0.1) is 25.7 Å². The second-order valence-electron chi connectivity index (χ2n) is 5.59. The molecule has 0 saturated carbocycles. The van der Waals surface area contributed by atoms with Crippen LogP contribution in [0.2, 0.25) is 0 Å². The molecule has 24 heavy (non-hydrogen) atoms. The van der Waals surface area contributed by atoms with Crippen molar-refractivity contribution in [2.24, 2.45) is 5.73 Å². The SMILES string of the molecule is NC(=O)N[C@@H](CC(=O)NCCN1CCOCC1)c1ccccc1F.